The number of nitrogens with zero attached hydrogens (tertiary/aromatic N) is 4. The van der Waals surface area contributed by atoms with Crippen LogP contribution >= 0.6 is 11.3 Å². The van der Waals surface area contributed by atoms with E-state index in [9.17, 15) is 4.79 Å². The lowest BCUT2D eigenvalue weighted by molar-refractivity contribution is 0.0199. The molecule has 196 valence electrons. The van der Waals surface area contributed by atoms with E-state index in [4.69, 9.17) is 9.15 Å². The Kier molecular flexibility index (Phi) is 6.60. The van der Waals surface area contributed by atoms with Crippen molar-refractivity contribution in [3.05, 3.63) is 41.0 Å². The second-order valence-corrected chi connectivity index (χ2v) is 12.3. The van der Waals surface area contributed by atoms with E-state index >= 15 is 0 Å². The topological polar surface area (TPSA) is 97.1 Å². The number of carbonyl (C=O) groups excluding carboxylic acids is 1. The molecule has 37 heavy (non-hydrogen) atoms. The monoisotopic (exact) mass is 521 g/mol. The van der Waals surface area contributed by atoms with E-state index in [1.807, 2.05) is 34.6 Å². The van der Waals surface area contributed by atoms with Crippen LogP contribution in [0.4, 0.5) is 4.79 Å². The molecule has 1 amide bonds. The van der Waals surface area contributed by atoms with Crippen molar-refractivity contribution in [1.82, 2.24) is 25.1 Å². The number of thiophene rings is 1. The van der Waals surface area contributed by atoms with Crippen molar-refractivity contribution < 1.29 is 13.9 Å². The van der Waals surface area contributed by atoms with E-state index in [0.717, 1.165) is 45.9 Å². The van der Waals surface area contributed by atoms with Gasteiger partial charge in [0, 0.05) is 36.0 Å². The van der Waals surface area contributed by atoms with Gasteiger partial charge in [-0.15, -0.1) is 21.5 Å². The number of aromatic amines is 1. The first kappa shape index (κ1) is 25.4. The average molecular weight is 522 g/mol. The zero-order valence-corrected chi connectivity index (χ0v) is 23.5. The number of H-pyrrole nitrogens is 1. The number of aryl methyl sites for hydroxylation is 2. The third-order valence-electron chi connectivity index (χ3n) is 6.60. The lowest BCUT2D eigenvalue weighted by Crippen LogP contribution is -2.41. The quantitative estimate of drug-likeness (QED) is 0.305. The number of carbonyl (C=O) groups is 1. The third kappa shape index (κ3) is 5.28. The molecule has 1 aliphatic rings. The van der Waals surface area contributed by atoms with Gasteiger partial charge in [0.1, 0.15) is 5.60 Å². The molecule has 4 aromatic rings. The Morgan fingerprint density at radius 2 is 1.81 bits per heavy atom. The SMILES string of the molecule is Cc1cc(-c2[nH]c3cc(-c4nnc(C5CCN(C(=O)OC(C)(C)C)CC5)o4)sc3c2C(C)C)cc(C)n1. The number of nitrogens with one attached hydrogen (secondary N) is 1. The van der Waals surface area contributed by atoms with Crippen LogP contribution in [0.3, 0.4) is 0 Å². The van der Waals surface area contributed by atoms with Crippen molar-refractivity contribution in [2.24, 2.45) is 0 Å². The Labute approximate surface area is 221 Å². The standard InChI is InChI=1S/C28H35N5O3S/c1-15(2)22-23(19-12-16(3)29-17(4)13-19)30-20-14-21(37-24(20)22)26-32-31-25(35-26)18-8-10-33(11-9-18)27(34)36-28(5,6)7/h12-15,18,30H,8-11H2,1-7H3. The number of piperidine rings is 1. The first-order valence-corrected chi connectivity index (χ1v) is 13.7. The van der Waals surface area contributed by atoms with Gasteiger partial charge >= 0.3 is 6.09 Å². The summed E-state index contributed by atoms with van der Waals surface area (Å²) in [6, 6.07) is 6.37. The van der Waals surface area contributed by atoms with Gasteiger partial charge in [0.2, 0.25) is 5.89 Å². The summed E-state index contributed by atoms with van der Waals surface area (Å²) in [4.78, 5) is 23.3. The summed E-state index contributed by atoms with van der Waals surface area (Å²) in [5, 5.41) is 8.76. The van der Waals surface area contributed by atoms with Crippen molar-refractivity contribution in [2.45, 2.75) is 78.7 Å². The molecular formula is C28H35N5O3S. The Morgan fingerprint density at radius 3 is 2.43 bits per heavy atom. The highest BCUT2D eigenvalue weighted by atomic mass is 32.1. The van der Waals surface area contributed by atoms with E-state index in [0.29, 0.717) is 30.8 Å². The van der Waals surface area contributed by atoms with Crippen molar-refractivity contribution >= 4 is 27.6 Å². The normalized spacial score (nSPS) is 15.2. The summed E-state index contributed by atoms with van der Waals surface area (Å²) >= 11 is 1.69. The second kappa shape index (κ2) is 9.59. The highest BCUT2D eigenvalue weighted by molar-refractivity contribution is 7.22. The number of rotatable bonds is 4. The van der Waals surface area contributed by atoms with Gasteiger partial charge in [0.15, 0.2) is 0 Å². The van der Waals surface area contributed by atoms with Gasteiger partial charge in [-0.05, 0) is 77.1 Å². The van der Waals surface area contributed by atoms with Gasteiger partial charge in [-0.1, -0.05) is 13.8 Å². The number of hydrogen-bond acceptors (Lipinski definition) is 7. The number of pyridine rings is 1. The van der Waals surface area contributed by atoms with Gasteiger partial charge in [-0.25, -0.2) is 4.79 Å². The van der Waals surface area contributed by atoms with Crippen molar-refractivity contribution in [1.29, 1.82) is 0 Å². The summed E-state index contributed by atoms with van der Waals surface area (Å²) in [7, 11) is 0. The molecule has 0 aromatic carbocycles. The average Bonchev–Trinajstić information content (AvgIpc) is 3.51. The van der Waals surface area contributed by atoms with Crippen molar-refractivity contribution in [3.63, 3.8) is 0 Å². The Bertz CT molecular complexity index is 1410. The third-order valence-corrected chi connectivity index (χ3v) is 7.76. The van der Waals surface area contributed by atoms with Crippen LogP contribution in [0, 0.1) is 13.8 Å². The molecule has 0 saturated carbocycles. The maximum atomic E-state index is 12.4. The van der Waals surface area contributed by atoms with Crippen LogP contribution in [0.2, 0.25) is 0 Å². The number of fused-ring (bicyclic) bond motifs is 1. The highest BCUT2D eigenvalue weighted by Gasteiger charge is 2.30. The van der Waals surface area contributed by atoms with Crippen LogP contribution in [0.5, 0.6) is 0 Å². The van der Waals surface area contributed by atoms with E-state index in [1.165, 1.54) is 10.3 Å². The van der Waals surface area contributed by atoms with Crippen LogP contribution in [-0.4, -0.2) is 49.8 Å². The molecule has 0 radical (unpaired) electrons. The number of hydrogen-bond donors (Lipinski definition) is 1. The lowest BCUT2D eigenvalue weighted by Gasteiger charge is -2.32. The molecule has 1 fully saturated rings. The minimum atomic E-state index is -0.493. The zero-order chi connectivity index (χ0) is 26.5. The van der Waals surface area contributed by atoms with Crippen LogP contribution < -0.4 is 0 Å². The number of ether oxygens (including phenoxy) is 1. The second-order valence-electron chi connectivity index (χ2n) is 11.2. The minimum absolute atomic E-state index is 0.140. The molecule has 5 heterocycles. The predicted molar refractivity (Wildman–Crippen MR) is 146 cm³/mol. The Hall–Kier alpha value is -3.20. The summed E-state index contributed by atoms with van der Waals surface area (Å²) in [6.45, 7) is 15.4. The molecule has 5 rings (SSSR count). The molecule has 0 spiro atoms. The molecule has 0 aliphatic carbocycles. The van der Waals surface area contributed by atoms with E-state index < -0.39 is 5.60 Å². The van der Waals surface area contributed by atoms with E-state index in [2.05, 4.69) is 52.2 Å². The zero-order valence-electron chi connectivity index (χ0n) is 22.6. The maximum absolute atomic E-state index is 12.4. The first-order chi connectivity index (χ1) is 17.5. The van der Waals surface area contributed by atoms with Crippen LogP contribution in [0.1, 0.15) is 82.1 Å². The smallest absolute Gasteiger partial charge is 0.410 e. The summed E-state index contributed by atoms with van der Waals surface area (Å²) in [5.74, 6) is 1.67. The van der Waals surface area contributed by atoms with Crippen LogP contribution in [-0.2, 0) is 4.74 Å². The fourth-order valence-electron chi connectivity index (χ4n) is 5.00. The molecule has 0 bridgehead atoms. The van der Waals surface area contributed by atoms with Crippen molar-refractivity contribution in [2.75, 3.05) is 13.1 Å². The molecule has 0 unspecified atom stereocenters. The lowest BCUT2D eigenvalue weighted by atomic mass is 9.97. The molecule has 9 heteroatoms. The molecule has 1 N–H and O–H groups in total. The maximum Gasteiger partial charge on any atom is 0.410 e. The van der Waals surface area contributed by atoms with Gasteiger partial charge in [-0.2, -0.15) is 0 Å². The summed E-state index contributed by atoms with van der Waals surface area (Å²) in [5.41, 5.74) is 6.22. The largest absolute Gasteiger partial charge is 0.444 e. The predicted octanol–water partition coefficient (Wildman–Crippen LogP) is 7.20. The highest BCUT2D eigenvalue weighted by Crippen LogP contribution is 2.43. The fourth-order valence-corrected chi connectivity index (χ4v) is 6.23. The Balaban J connectivity index is 1.35. The summed E-state index contributed by atoms with van der Waals surface area (Å²) in [6.07, 6.45) is 1.29. The van der Waals surface area contributed by atoms with Gasteiger partial charge in [-0.3, -0.25) is 4.98 Å². The van der Waals surface area contributed by atoms with Gasteiger partial charge < -0.3 is 19.0 Å². The minimum Gasteiger partial charge on any atom is -0.444 e. The number of amides is 1. The fraction of sp³-hybridized carbons (Fsp3) is 0.500. The number of likely N-dealkylation sites (tertiary alicyclic amines) is 1. The molecular weight excluding hydrogens is 486 g/mol. The van der Waals surface area contributed by atoms with Gasteiger partial charge in [0.05, 0.1) is 20.8 Å². The van der Waals surface area contributed by atoms with Crippen molar-refractivity contribution in [3.8, 4) is 22.0 Å². The molecule has 0 atom stereocenters. The molecule has 8 nitrogen and oxygen atoms in total. The van der Waals surface area contributed by atoms with Crippen LogP contribution in [0.25, 0.3) is 32.2 Å². The van der Waals surface area contributed by atoms with E-state index in [-0.39, 0.29) is 12.0 Å². The Morgan fingerprint density at radius 1 is 1.14 bits per heavy atom. The number of aromatic nitrogens is 4. The molecule has 1 aliphatic heterocycles. The molecule has 4 aromatic heterocycles. The summed E-state index contributed by atoms with van der Waals surface area (Å²) < 4.78 is 12.9. The van der Waals surface area contributed by atoms with E-state index in [1.54, 1.807) is 16.2 Å². The van der Waals surface area contributed by atoms with Crippen LogP contribution in [0.15, 0.2) is 22.6 Å². The van der Waals surface area contributed by atoms with Gasteiger partial charge in [0.25, 0.3) is 5.89 Å². The molecule has 1 saturated heterocycles. The first-order valence-electron chi connectivity index (χ1n) is 12.9.